The van der Waals surface area contributed by atoms with Gasteiger partial charge in [-0.1, -0.05) is 23.7 Å². The minimum absolute atomic E-state index is 0.154. The molecule has 0 spiro atoms. The molecule has 106 valence electrons. The van der Waals surface area contributed by atoms with Gasteiger partial charge in [0.1, 0.15) is 6.10 Å². The highest BCUT2D eigenvalue weighted by Crippen LogP contribution is 2.21. The van der Waals surface area contributed by atoms with E-state index in [1.807, 2.05) is 29.0 Å². The number of amides is 2. The number of carbonyl (C=O) groups is 1. The second kappa shape index (κ2) is 7.28. The summed E-state index contributed by atoms with van der Waals surface area (Å²) in [5.74, 6) is 0. The normalized spacial score (nSPS) is 11.9. The van der Waals surface area contributed by atoms with Gasteiger partial charge in [-0.2, -0.15) is 11.3 Å². The van der Waals surface area contributed by atoms with Crippen molar-refractivity contribution < 1.29 is 9.53 Å². The Morgan fingerprint density at radius 1 is 1.40 bits per heavy atom. The van der Waals surface area contributed by atoms with Crippen LogP contribution < -0.4 is 10.6 Å². The highest BCUT2D eigenvalue weighted by atomic mass is 35.5. The monoisotopic (exact) mass is 310 g/mol. The molecule has 2 N–H and O–H groups in total. The lowest BCUT2D eigenvalue weighted by molar-refractivity contribution is 0.105. The van der Waals surface area contributed by atoms with Crippen LogP contribution in [-0.2, 0) is 4.74 Å². The summed E-state index contributed by atoms with van der Waals surface area (Å²) in [5, 5.41) is 9.95. The molecule has 2 amide bonds. The first-order valence-electron chi connectivity index (χ1n) is 6.05. The lowest BCUT2D eigenvalue weighted by Crippen LogP contribution is -2.32. The molecule has 0 fully saturated rings. The Morgan fingerprint density at radius 3 is 2.85 bits per heavy atom. The number of methoxy groups -OCH3 is 1. The SMILES string of the molecule is CO[C@@H](CNC(=O)Nc1ccccc1Cl)c1ccsc1. The van der Waals surface area contributed by atoms with Crippen molar-refractivity contribution in [3.8, 4) is 0 Å². The highest BCUT2D eigenvalue weighted by molar-refractivity contribution is 7.07. The smallest absolute Gasteiger partial charge is 0.319 e. The predicted octanol–water partition coefficient (Wildman–Crippen LogP) is 3.91. The van der Waals surface area contributed by atoms with Crippen molar-refractivity contribution in [1.82, 2.24) is 5.32 Å². The van der Waals surface area contributed by atoms with E-state index in [1.165, 1.54) is 0 Å². The minimum Gasteiger partial charge on any atom is -0.375 e. The van der Waals surface area contributed by atoms with Crippen molar-refractivity contribution in [1.29, 1.82) is 0 Å². The van der Waals surface area contributed by atoms with Gasteiger partial charge in [-0.3, -0.25) is 0 Å². The Hall–Kier alpha value is -1.56. The summed E-state index contributed by atoms with van der Waals surface area (Å²) >= 11 is 7.57. The quantitative estimate of drug-likeness (QED) is 0.879. The Bertz CT molecular complexity index is 560. The third-order valence-corrected chi connectivity index (χ3v) is 3.80. The molecule has 1 aromatic heterocycles. The molecule has 0 aliphatic carbocycles. The summed E-state index contributed by atoms with van der Waals surface area (Å²) < 4.78 is 5.36. The second-order valence-corrected chi connectivity index (χ2v) is 5.28. The van der Waals surface area contributed by atoms with E-state index < -0.39 is 0 Å². The number of thiophene rings is 1. The van der Waals surface area contributed by atoms with Crippen LogP contribution >= 0.6 is 22.9 Å². The van der Waals surface area contributed by atoms with Crippen LogP contribution in [0.3, 0.4) is 0 Å². The first-order chi connectivity index (χ1) is 9.70. The van der Waals surface area contributed by atoms with E-state index in [2.05, 4.69) is 10.6 Å². The van der Waals surface area contributed by atoms with E-state index in [0.717, 1.165) is 5.56 Å². The Kier molecular flexibility index (Phi) is 5.40. The van der Waals surface area contributed by atoms with Crippen molar-refractivity contribution in [2.45, 2.75) is 6.10 Å². The van der Waals surface area contributed by atoms with Crippen molar-refractivity contribution >= 4 is 34.7 Å². The second-order valence-electron chi connectivity index (χ2n) is 4.10. The minimum atomic E-state index is -0.310. The third-order valence-electron chi connectivity index (χ3n) is 2.77. The lowest BCUT2D eigenvalue weighted by atomic mass is 10.2. The molecule has 2 rings (SSSR count). The maximum atomic E-state index is 11.8. The first-order valence-corrected chi connectivity index (χ1v) is 7.37. The van der Waals surface area contributed by atoms with Crippen LogP contribution in [-0.4, -0.2) is 19.7 Å². The Labute approximate surface area is 126 Å². The number of para-hydroxylation sites is 1. The molecule has 1 atom stereocenters. The number of hydrogen-bond acceptors (Lipinski definition) is 3. The van der Waals surface area contributed by atoms with Gasteiger partial charge in [0.25, 0.3) is 0 Å². The molecule has 0 saturated heterocycles. The topological polar surface area (TPSA) is 50.4 Å². The summed E-state index contributed by atoms with van der Waals surface area (Å²) in [5.41, 5.74) is 1.63. The van der Waals surface area contributed by atoms with E-state index >= 15 is 0 Å². The van der Waals surface area contributed by atoms with Gasteiger partial charge in [0.2, 0.25) is 0 Å². The van der Waals surface area contributed by atoms with E-state index in [0.29, 0.717) is 17.3 Å². The van der Waals surface area contributed by atoms with Gasteiger partial charge in [-0.15, -0.1) is 0 Å². The summed E-state index contributed by atoms with van der Waals surface area (Å²) in [4.78, 5) is 11.8. The van der Waals surface area contributed by atoms with E-state index in [1.54, 1.807) is 30.6 Å². The number of ether oxygens (including phenoxy) is 1. The van der Waals surface area contributed by atoms with Gasteiger partial charge in [-0.25, -0.2) is 4.79 Å². The zero-order chi connectivity index (χ0) is 14.4. The van der Waals surface area contributed by atoms with Gasteiger partial charge < -0.3 is 15.4 Å². The van der Waals surface area contributed by atoms with Gasteiger partial charge in [-0.05, 0) is 34.5 Å². The van der Waals surface area contributed by atoms with Gasteiger partial charge >= 0.3 is 6.03 Å². The van der Waals surface area contributed by atoms with E-state index in [4.69, 9.17) is 16.3 Å². The first kappa shape index (κ1) is 14.8. The summed E-state index contributed by atoms with van der Waals surface area (Å²) in [6.45, 7) is 0.392. The number of urea groups is 1. The molecule has 1 aromatic carbocycles. The Balaban J connectivity index is 1.87. The molecule has 6 heteroatoms. The molecule has 1 heterocycles. The van der Waals surface area contributed by atoms with Crippen LogP contribution in [0.25, 0.3) is 0 Å². The fraction of sp³-hybridized carbons (Fsp3) is 0.214. The third kappa shape index (κ3) is 3.96. The number of benzene rings is 1. The van der Waals surface area contributed by atoms with Crippen LogP contribution in [0.5, 0.6) is 0 Å². The standard InChI is InChI=1S/C14H15ClN2O2S/c1-19-13(10-6-7-20-9-10)8-16-14(18)17-12-5-3-2-4-11(12)15/h2-7,9,13H,8H2,1H3,(H2,16,17,18)/t13-/m0/s1. The van der Waals surface area contributed by atoms with Crippen LogP contribution in [0.2, 0.25) is 5.02 Å². The van der Waals surface area contributed by atoms with Gasteiger partial charge in [0.05, 0.1) is 10.7 Å². The summed E-state index contributed by atoms with van der Waals surface area (Å²) in [6, 6.07) is 8.75. The molecule has 0 aliphatic heterocycles. The molecule has 4 nitrogen and oxygen atoms in total. The molecule has 0 radical (unpaired) electrons. The lowest BCUT2D eigenvalue weighted by Gasteiger charge is -2.15. The fourth-order valence-corrected chi connectivity index (χ4v) is 2.59. The molecule has 0 bridgehead atoms. The predicted molar refractivity (Wildman–Crippen MR) is 82.5 cm³/mol. The van der Waals surface area contributed by atoms with Gasteiger partial charge in [0, 0.05) is 13.7 Å². The van der Waals surface area contributed by atoms with Crippen molar-refractivity contribution in [3.05, 3.63) is 51.7 Å². The fourth-order valence-electron chi connectivity index (χ4n) is 1.71. The molecule has 0 saturated carbocycles. The van der Waals surface area contributed by atoms with E-state index in [-0.39, 0.29) is 12.1 Å². The molecular weight excluding hydrogens is 296 g/mol. The zero-order valence-corrected chi connectivity index (χ0v) is 12.5. The molecular formula is C14H15ClN2O2S. The number of halogens is 1. The molecule has 0 aliphatic rings. The van der Waals surface area contributed by atoms with Gasteiger partial charge in [0.15, 0.2) is 0 Å². The summed E-state index contributed by atoms with van der Waals surface area (Å²) in [6.07, 6.45) is -0.154. The number of hydrogen-bond donors (Lipinski definition) is 2. The van der Waals surface area contributed by atoms with Crippen LogP contribution in [0, 0.1) is 0 Å². The number of rotatable bonds is 5. The average Bonchev–Trinajstić information content (AvgIpc) is 2.96. The summed E-state index contributed by atoms with van der Waals surface area (Å²) in [7, 11) is 1.62. The molecule has 2 aromatic rings. The average molecular weight is 311 g/mol. The number of anilines is 1. The number of nitrogens with one attached hydrogen (secondary N) is 2. The largest absolute Gasteiger partial charge is 0.375 e. The number of carbonyl (C=O) groups excluding carboxylic acids is 1. The Morgan fingerprint density at radius 2 is 2.20 bits per heavy atom. The maximum absolute atomic E-state index is 11.8. The molecule has 0 unspecified atom stereocenters. The van der Waals surface area contributed by atoms with Crippen LogP contribution in [0.15, 0.2) is 41.1 Å². The van der Waals surface area contributed by atoms with Crippen molar-refractivity contribution in [3.63, 3.8) is 0 Å². The van der Waals surface area contributed by atoms with Crippen molar-refractivity contribution in [2.24, 2.45) is 0 Å². The molecule has 20 heavy (non-hydrogen) atoms. The van der Waals surface area contributed by atoms with Crippen LogP contribution in [0.4, 0.5) is 10.5 Å². The van der Waals surface area contributed by atoms with Crippen molar-refractivity contribution in [2.75, 3.05) is 19.0 Å². The van der Waals surface area contributed by atoms with Crippen LogP contribution in [0.1, 0.15) is 11.7 Å². The zero-order valence-electron chi connectivity index (χ0n) is 10.9. The van der Waals surface area contributed by atoms with E-state index in [9.17, 15) is 4.79 Å². The maximum Gasteiger partial charge on any atom is 0.319 e. The highest BCUT2D eigenvalue weighted by Gasteiger charge is 2.12.